The molecule has 0 unspecified atom stereocenters. The number of hydrogen-bond donors (Lipinski definition) is 1. The van der Waals surface area contributed by atoms with Crippen molar-refractivity contribution in [2.24, 2.45) is 5.73 Å². The van der Waals surface area contributed by atoms with Crippen LogP contribution in [0.4, 0.5) is 0 Å². The van der Waals surface area contributed by atoms with Gasteiger partial charge in [-0.15, -0.1) is 0 Å². The first-order chi connectivity index (χ1) is 13.2. The molecule has 3 aromatic heterocycles. The van der Waals surface area contributed by atoms with E-state index in [4.69, 9.17) is 15.2 Å². The number of hydrogen-bond acceptors (Lipinski definition) is 6. The Balaban J connectivity index is 1.55. The van der Waals surface area contributed by atoms with Gasteiger partial charge in [-0.05, 0) is 29.8 Å². The van der Waals surface area contributed by atoms with Gasteiger partial charge in [-0.25, -0.2) is 15.0 Å². The van der Waals surface area contributed by atoms with Crippen LogP contribution in [-0.2, 0) is 13.1 Å². The van der Waals surface area contributed by atoms with Crippen LogP contribution in [0, 0.1) is 0 Å². The molecule has 0 radical (unpaired) electrons. The van der Waals surface area contributed by atoms with Crippen LogP contribution in [0.5, 0.6) is 17.5 Å². The van der Waals surface area contributed by atoms with Crippen LogP contribution >= 0.6 is 0 Å². The average Bonchev–Trinajstić information content (AvgIpc) is 3.10. The number of benzene rings is 1. The van der Waals surface area contributed by atoms with Gasteiger partial charge in [0, 0.05) is 48.5 Å². The van der Waals surface area contributed by atoms with Gasteiger partial charge in [0.05, 0.1) is 12.8 Å². The van der Waals surface area contributed by atoms with Crippen LogP contribution in [0.1, 0.15) is 11.3 Å². The molecule has 27 heavy (non-hydrogen) atoms. The molecule has 2 N–H and O–H groups in total. The van der Waals surface area contributed by atoms with Crippen molar-refractivity contribution in [3.8, 4) is 17.5 Å². The third kappa shape index (κ3) is 3.73. The first kappa shape index (κ1) is 17.0. The van der Waals surface area contributed by atoms with E-state index >= 15 is 0 Å². The smallest absolute Gasteiger partial charge is 0.222 e. The molecule has 4 rings (SSSR count). The van der Waals surface area contributed by atoms with E-state index in [9.17, 15) is 0 Å². The number of aromatic nitrogens is 4. The predicted octanol–water partition coefficient (Wildman–Crippen LogP) is 3.13. The second kappa shape index (κ2) is 7.43. The molecule has 0 saturated carbocycles. The van der Waals surface area contributed by atoms with Gasteiger partial charge >= 0.3 is 0 Å². The minimum absolute atomic E-state index is 0.348. The summed E-state index contributed by atoms with van der Waals surface area (Å²) >= 11 is 0. The molecule has 0 fully saturated rings. The maximum Gasteiger partial charge on any atom is 0.222 e. The molecule has 3 heterocycles. The molecule has 0 aliphatic carbocycles. The molecule has 136 valence electrons. The second-order valence-electron chi connectivity index (χ2n) is 6.03. The lowest BCUT2D eigenvalue weighted by Crippen LogP contribution is -2.00. The van der Waals surface area contributed by atoms with E-state index in [-0.39, 0.29) is 0 Å². The minimum atomic E-state index is 0.348. The van der Waals surface area contributed by atoms with Gasteiger partial charge in [-0.1, -0.05) is 6.07 Å². The van der Waals surface area contributed by atoms with Crippen LogP contribution < -0.4 is 15.2 Å². The summed E-state index contributed by atoms with van der Waals surface area (Å²) in [4.78, 5) is 12.5. The second-order valence-corrected chi connectivity index (χ2v) is 6.03. The summed E-state index contributed by atoms with van der Waals surface area (Å²) in [5, 5.41) is 1.09. The van der Waals surface area contributed by atoms with Crippen molar-refractivity contribution in [1.82, 2.24) is 19.5 Å². The monoisotopic (exact) mass is 361 g/mol. The molecule has 1 aromatic carbocycles. The van der Waals surface area contributed by atoms with Crippen molar-refractivity contribution in [2.75, 3.05) is 7.11 Å². The minimum Gasteiger partial charge on any atom is -0.481 e. The average molecular weight is 361 g/mol. The fraction of sp³-hybridized carbons (Fsp3) is 0.150. The summed E-state index contributed by atoms with van der Waals surface area (Å²) in [6.45, 7) is 1.08. The lowest BCUT2D eigenvalue weighted by atomic mass is 10.2. The van der Waals surface area contributed by atoms with Gasteiger partial charge in [0.1, 0.15) is 12.1 Å². The first-order valence-corrected chi connectivity index (χ1v) is 8.52. The fourth-order valence-corrected chi connectivity index (χ4v) is 2.87. The lowest BCUT2D eigenvalue weighted by Gasteiger charge is -2.08. The molecular formula is C20H19N5O2. The zero-order chi connectivity index (χ0) is 18.6. The molecule has 7 nitrogen and oxygen atoms in total. The Morgan fingerprint density at radius 2 is 1.93 bits per heavy atom. The van der Waals surface area contributed by atoms with Crippen molar-refractivity contribution >= 4 is 10.9 Å². The van der Waals surface area contributed by atoms with Crippen LogP contribution in [0.2, 0.25) is 0 Å². The maximum absolute atomic E-state index is 5.84. The zero-order valence-corrected chi connectivity index (χ0v) is 14.9. The Bertz CT molecular complexity index is 1060. The Morgan fingerprint density at radius 1 is 1.00 bits per heavy atom. The molecule has 7 heteroatoms. The Hall–Kier alpha value is -3.45. The normalized spacial score (nSPS) is 10.9. The summed E-state index contributed by atoms with van der Waals surface area (Å²) in [5.74, 6) is 1.81. The van der Waals surface area contributed by atoms with Crippen molar-refractivity contribution < 1.29 is 9.47 Å². The highest BCUT2D eigenvalue weighted by molar-refractivity contribution is 5.81. The van der Waals surface area contributed by atoms with Crippen molar-refractivity contribution in [1.29, 1.82) is 0 Å². The molecule has 0 aliphatic rings. The summed E-state index contributed by atoms with van der Waals surface area (Å²) in [5.41, 5.74) is 8.56. The number of methoxy groups -OCH3 is 1. The maximum atomic E-state index is 5.84. The highest BCUT2D eigenvalue weighted by atomic mass is 16.5. The van der Waals surface area contributed by atoms with E-state index in [1.54, 1.807) is 13.2 Å². The summed E-state index contributed by atoms with van der Waals surface area (Å²) < 4.78 is 13.1. The highest BCUT2D eigenvalue weighted by Gasteiger charge is 2.06. The molecule has 0 spiro atoms. The first-order valence-electron chi connectivity index (χ1n) is 8.52. The fourth-order valence-electron chi connectivity index (χ4n) is 2.87. The largest absolute Gasteiger partial charge is 0.481 e. The quantitative estimate of drug-likeness (QED) is 0.568. The topological polar surface area (TPSA) is 88.1 Å². The molecule has 0 bridgehead atoms. The number of rotatable bonds is 6. The molecule has 0 amide bonds. The van der Waals surface area contributed by atoms with E-state index in [1.807, 2.05) is 36.5 Å². The van der Waals surface area contributed by atoms with Gasteiger partial charge in [0.2, 0.25) is 11.8 Å². The number of nitrogens with zero attached hydrogens (tertiary/aromatic N) is 4. The highest BCUT2D eigenvalue weighted by Crippen LogP contribution is 2.26. The van der Waals surface area contributed by atoms with Crippen molar-refractivity contribution in [3.05, 3.63) is 72.4 Å². The number of nitrogens with two attached hydrogens (primary N) is 1. The van der Waals surface area contributed by atoms with Gasteiger partial charge in [0.15, 0.2) is 0 Å². The van der Waals surface area contributed by atoms with E-state index in [0.717, 1.165) is 28.7 Å². The number of pyridine rings is 1. The Morgan fingerprint density at radius 3 is 2.70 bits per heavy atom. The van der Waals surface area contributed by atoms with E-state index in [1.165, 1.54) is 6.33 Å². The van der Waals surface area contributed by atoms with E-state index in [0.29, 0.717) is 24.1 Å². The standard InChI is InChI=1S/C20H19N5O2/c1-26-19-5-2-14(11-22-19)12-25-7-6-15-8-17(3-4-18(15)25)27-20-9-16(10-21)23-13-24-20/h2-9,11,13H,10,12,21H2,1H3. The van der Waals surface area contributed by atoms with Crippen LogP contribution in [0.25, 0.3) is 10.9 Å². The predicted molar refractivity (Wildman–Crippen MR) is 102 cm³/mol. The van der Waals surface area contributed by atoms with Gasteiger partial charge in [0.25, 0.3) is 0 Å². The molecule has 0 atom stereocenters. The summed E-state index contributed by atoms with van der Waals surface area (Å²) in [6.07, 6.45) is 5.33. The number of ether oxygens (including phenoxy) is 2. The van der Waals surface area contributed by atoms with Crippen LogP contribution in [0.15, 0.2) is 61.2 Å². The lowest BCUT2D eigenvalue weighted by molar-refractivity contribution is 0.397. The van der Waals surface area contributed by atoms with E-state index in [2.05, 4.69) is 31.8 Å². The third-order valence-electron chi connectivity index (χ3n) is 4.23. The number of fused-ring (bicyclic) bond motifs is 1. The SMILES string of the molecule is COc1ccc(Cn2ccc3cc(Oc4cc(CN)ncn4)ccc32)cn1. The van der Waals surface area contributed by atoms with Crippen molar-refractivity contribution in [2.45, 2.75) is 13.1 Å². The van der Waals surface area contributed by atoms with Gasteiger partial charge in [-0.3, -0.25) is 0 Å². The summed E-state index contributed by atoms with van der Waals surface area (Å²) in [7, 11) is 1.61. The van der Waals surface area contributed by atoms with Crippen molar-refractivity contribution in [3.63, 3.8) is 0 Å². The Labute approximate surface area is 156 Å². The van der Waals surface area contributed by atoms with Gasteiger partial charge in [-0.2, -0.15) is 0 Å². The third-order valence-corrected chi connectivity index (χ3v) is 4.23. The van der Waals surface area contributed by atoms with Crippen LogP contribution in [-0.4, -0.2) is 26.6 Å². The molecule has 0 saturated heterocycles. The molecule has 4 aromatic rings. The zero-order valence-electron chi connectivity index (χ0n) is 14.9. The van der Waals surface area contributed by atoms with Gasteiger partial charge < -0.3 is 19.8 Å². The van der Waals surface area contributed by atoms with E-state index < -0.39 is 0 Å². The molecule has 0 aliphatic heterocycles. The van der Waals surface area contributed by atoms with Crippen LogP contribution in [0.3, 0.4) is 0 Å². The summed E-state index contributed by atoms with van der Waals surface area (Å²) in [6, 6.07) is 13.6. The molecular weight excluding hydrogens is 342 g/mol. The Kier molecular flexibility index (Phi) is 4.67.